The first kappa shape index (κ1) is 14.1. The predicted octanol–water partition coefficient (Wildman–Crippen LogP) is 3.85. The molecule has 1 unspecified atom stereocenters. The van der Waals surface area contributed by atoms with E-state index in [4.69, 9.17) is 4.74 Å². The van der Waals surface area contributed by atoms with Crippen molar-refractivity contribution in [3.63, 3.8) is 0 Å². The van der Waals surface area contributed by atoms with Gasteiger partial charge in [-0.1, -0.05) is 18.2 Å². The van der Waals surface area contributed by atoms with E-state index in [-0.39, 0.29) is 18.1 Å². The number of rotatable bonds is 3. The van der Waals surface area contributed by atoms with Crippen molar-refractivity contribution in [1.82, 2.24) is 0 Å². The number of halogens is 3. The Morgan fingerprint density at radius 3 is 2.63 bits per heavy atom. The minimum Gasteiger partial charge on any atom is -0.378 e. The fraction of sp³-hybridized carbons (Fsp3) is 0.500. The van der Waals surface area contributed by atoms with Crippen LogP contribution in [0.5, 0.6) is 0 Å². The Kier molecular flexibility index (Phi) is 4.24. The molecule has 0 spiro atoms. The summed E-state index contributed by atoms with van der Waals surface area (Å²) >= 11 is 0. The zero-order chi connectivity index (χ0) is 13.9. The van der Waals surface area contributed by atoms with Gasteiger partial charge < -0.3 is 4.74 Å². The smallest absolute Gasteiger partial charge is 0.378 e. The zero-order valence-corrected chi connectivity index (χ0v) is 10.4. The van der Waals surface area contributed by atoms with E-state index in [0.717, 1.165) is 25.3 Å². The third-order valence-electron chi connectivity index (χ3n) is 3.22. The lowest BCUT2D eigenvalue weighted by Crippen LogP contribution is -2.23. The molecule has 1 aromatic carbocycles. The SMILES string of the molecule is O=C(CC1CCCCO1)c1ccccc1C(F)(F)F. The molecule has 1 aromatic rings. The van der Waals surface area contributed by atoms with Crippen LogP contribution in [0.2, 0.25) is 0 Å². The van der Waals surface area contributed by atoms with Crippen molar-refractivity contribution in [3.05, 3.63) is 35.4 Å². The van der Waals surface area contributed by atoms with Crippen LogP contribution < -0.4 is 0 Å². The number of alkyl halides is 3. The third-order valence-corrected chi connectivity index (χ3v) is 3.22. The Morgan fingerprint density at radius 1 is 1.26 bits per heavy atom. The normalized spacial score (nSPS) is 20.3. The second kappa shape index (κ2) is 5.74. The van der Waals surface area contributed by atoms with Crippen LogP contribution in [0.25, 0.3) is 0 Å². The molecule has 1 aliphatic heterocycles. The quantitative estimate of drug-likeness (QED) is 0.781. The van der Waals surface area contributed by atoms with E-state index in [9.17, 15) is 18.0 Å². The highest BCUT2D eigenvalue weighted by Gasteiger charge is 2.35. The van der Waals surface area contributed by atoms with Crippen LogP contribution >= 0.6 is 0 Å². The lowest BCUT2D eigenvalue weighted by atomic mass is 9.96. The monoisotopic (exact) mass is 272 g/mol. The van der Waals surface area contributed by atoms with E-state index >= 15 is 0 Å². The van der Waals surface area contributed by atoms with Gasteiger partial charge in [-0.2, -0.15) is 13.2 Å². The van der Waals surface area contributed by atoms with Gasteiger partial charge in [0.1, 0.15) is 0 Å². The molecule has 5 heteroatoms. The molecule has 0 radical (unpaired) electrons. The maximum atomic E-state index is 12.8. The number of benzene rings is 1. The molecular weight excluding hydrogens is 257 g/mol. The Hall–Kier alpha value is -1.36. The van der Waals surface area contributed by atoms with E-state index in [1.165, 1.54) is 18.2 Å². The van der Waals surface area contributed by atoms with E-state index in [0.29, 0.717) is 6.61 Å². The largest absolute Gasteiger partial charge is 0.417 e. The van der Waals surface area contributed by atoms with Crippen LogP contribution in [0, 0.1) is 0 Å². The van der Waals surface area contributed by atoms with Gasteiger partial charge in [0.25, 0.3) is 0 Å². The molecule has 104 valence electrons. The highest BCUT2D eigenvalue weighted by atomic mass is 19.4. The van der Waals surface area contributed by atoms with Gasteiger partial charge in [0.05, 0.1) is 11.7 Å². The summed E-state index contributed by atoms with van der Waals surface area (Å²) in [6.07, 6.45) is -2.09. The minimum atomic E-state index is -4.50. The van der Waals surface area contributed by atoms with E-state index in [1.54, 1.807) is 0 Å². The van der Waals surface area contributed by atoms with Gasteiger partial charge in [0, 0.05) is 18.6 Å². The number of carbonyl (C=O) groups is 1. The summed E-state index contributed by atoms with van der Waals surface area (Å²) in [4.78, 5) is 12.0. The van der Waals surface area contributed by atoms with Crippen molar-refractivity contribution < 1.29 is 22.7 Å². The highest BCUT2D eigenvalue weighted by Crippen LogP contribution is 2.32. The van der Waals surface area contributed by atoms with Crippen molar-refractivity contribution in [3.8, 4) is 0 Å². The lowest BCUT2D eigenvalue weighted by Gasteiger charge is -2.22. The summed E-state index contributed by atoms with van der Waals surface area (Å²) in [5.41, 5.74) is -1.13. The standard InChI is InChI=1S/C14H15F3O2/c15-14(16,17)12-7-2-1-6-11(12)13(18)9-10-5-3-4-8-19-10/h1-2,6-7,10H,3-5,8-9H2. The number of Topliss-reactive ketones (excluding diaryl/α,β-unsaturated/α-hetero) is 1. The average molecular weight is 272 g/mol. The first-order chi connectivity index (χ1) is 8.98. The molecule has 1 saturated heterocycles. The van der Waals surface area contributed by atoms with Gasteiger partial charge in [-0.25, -0.2) is 0 Å². The van der Waals surface area contributed by atoms with Gasteiger partial charge in [-0.05, 0) is 25.3 Å². The lowest BCUT2D eigenvalue weighted by molar-refractivity contribution is -0.137. The van der Waals surface area contributed by atoms with Gasteiger partial charge in [0.2, 0.25) is 0 Å². The van der Waals surface area contributed by atoms with Crippen LogP contribution in [-0.2, 0) is 10.9 Å². The number of hydrogen-bond donors (Lipinski definition) is 0. The van der Waals surface area contributed by atoms with Crippen LogP contribution in [0.4, 0.5) is 13.2 Å². The maximum absolute atomic E-state index is 12.8. The van der Waals surface area contributed by atoms with Crippen molar-refractivity contribution >= 4 is 5.78 Å². The fourth-order valence-electron chi connectivity index (χ4n) is 2.26. The molecule has 1 heterocycles. The number of ketones is 1. The van der Waals surface area contributed by atoms with Crippen LogP contribution in [-0.4, -0.2) is 18.5 Å². The van der Waals surface area contributed by atoms with Crippen LogP contribution in [0.3, 0.4) is 0 Å². The molecule has 0 amide bonds. The second-order valence-electron chi connectivity index (χ2n) is 4.66. The Morgan fingerprint density at radius 2 is 2.00 bits per heavy atom. The topological polar surface area (TPSA) is 26.3 Å². The Balaban J connectivity index is 2.14. The number of hydrogen-bond acceptors (Lipinski definition) is 2. The fourth-order valence-corrected chi connectivity index (χ4v) is 2.26. The zero-order valence-electron chi connectivity index (χ0n) is 10.4. The predicted molar refractivity (Wildman–Crippen MR) is 64.0 cm³/mol. The molecule has 1 fully saturated rings. The molecule has 0 aliphatic carbocycles. The van der Waals surface area contributed by atoms with E-state index < -0.39 is 17.5 Å². The van der Waals surface area contributed by atoms with Crippen molar-refractivity contribution in [2.24, 2.45) is 0 Å². The molecule has 0 bridgehead atoms. The minimum absolute atomic E-state index is 0.0209. The third kappa shape index (κ3) is 3.56. The van der Waals surface area contributed by atoms with Crippen LogP contribution in [0.15, 0.2) is 24.3 Å². The van der Waals surface area contributed by atoms with Gasteiger partial charge >= 0.3 is 6.18 Å². The van der Waals surface area contributed by atoms with E-state index in [1.807, 2.05) is 0 Å². The Bertz CT molecular complexity index is 448. The van der Waals surface area contributed by atoms with Crippen molar-refractivity contribution in [1.29, 1.82) is 0 Å². The first-order valence-corrected chi connectivity index (χ1v) is 6.29. The van der Waals surface area contributed by atoms with Crippen molar-refractivity contribution in [2.75, 3.05) is 6.61 Å². The van der Waals surface area contributed by atoms with Gasteiger partial charge in [0.15, 0.2) is 5.78 Å². The molecular formula is C14H15F3O2. The molecule has 2 rings (SSSR count). The second-order valence-corrected chi connectivity index (χ2v) is 4.66. The summed E-state index contributed by atoms with van der Waals surface area (Å²) in [7, 11) is 0. The van der Waals surface area contributed by atoms with Crippen LogP contribution in [0.1, 0.15) is 41.6 Å². The Labute approximate surface area is 109 Å². The molecule has 0 saturated carbocycles. The number of carbonyl (C=O) groups excluding carboxylic acids is 1. The molecule has 1 atom stereocenters. The van der Waals surface area contributed by atoms with E-state index in [2.05, 4.69) is 0 Å². The molecule has 0 N–H and O–H groups in total. The summed E-state index contributed by atoms with van der Waals surface area (Å²) in [5.74, 6) is -0.500. The summed E-state index contributed by atoms with van der Waals surface area (Å²) in [5, 5.41) is 0. The number of ether oxygens (including phenoxy) is 1. The van der Waals surface area contributed by atoms with Crippen molar-refractivity contribution in [2.45, 2.75) is 38.0 Å². The van der Waals surface area contributed by atoms with Gasteiger partial charge in [-0.15, -0.1) is 0 Å². The van der Waals surface area contributed by atoms with Gasteiger partial charge in [-0.3, -0.25) is 4.79 Å². The molecule has 0 aromatic heterocycles. The first-order valence-electron chi connectivity index (χ1n) is 6.29. The summed E-state index contributed by atoms with van der Waals surface area (Å²) in [6.45, 7) is 0.582. The average Bonchev–Trinajstić information content (AvgIpc) is 2.39. The molecule has 19 heavy (non-hydrogen) atoms. The summed E-state index contributed by atoms with van der Waals surface area (Å²) in [6, 6.07) is 4.91. The summed E-state index contributed by atoms with van der Waals surface area (Å²) < 4.78 is 43.8. The highest BCUT2D eigenvalue weighted by molar-refractivity contribution is 5.98. The maximum Gasteiger partial charge on any atom is 0.417 e. The molecule has 2 nitrogen and oxygen atoms in total. The molecule has 1 aliphatic rings.